The van der Waals surface area contributed by atoms with Crippen molar-refractivity contribution in [3.8, 4) is 0 Å². The maximum atomic E-state index is 5.02. The molecular weight excluding hydrogens is 370 g/mol. The van der Waals surface area contributed by atoms with E-state index in [2.05, 4.69) is 117 Å². The largest absolute Gasteiger partial charge is 0.378 e. The molecule has 30 heavy (non-hydrogen) atoms. The lowest BCUT2D eigenvalue weighted by Gasteiger charge is -2.34. The van der Waals surface area contributed by atoms with Gasteiger partial charge in [-0.05, 0) is 54.1 Å². The average molecular weight is 404 g/mol. The van der Waals surface area contributed by atoms with Crippen molar-refractivity contribution in [1.29, 1.82) is 0 Å². The van der Waals surface area contributed by atoms with Crippen LogP contribution in [0.25, 0.3) is 6.08 Å². The van der Waals surface area contributed by atoms with Gasteiger partial charge < -0.3 is 14.7 Å². The molecule has 0 amide bonds. The van der Waals surface area contributed by atoms with E-state index in [1.807, 2.05) is 0 Å². The summed E-state index contributed by atoms with van der Waals surface area (Å²) in [7, 11) is 12.6. The Labute approximate surface area is 180 Å². The molecule has 0 bridgehead atoms. The first-order chi connectivity index (χ1) is 14.3. The summed E-state index contributed by atoms with van der Waals surface area (Å²) < 4.78 is 0. The molecule has 0 radical (unpaired) electrons. The van der Waals surface area contributed by atoms with Crippen molar-refractivity contribution in [3.05, 3.63) is 65.2 Å². The molecule has 0 aliphatic carbocycles. The van der Waals surface area contributed by atoms with Gasteiger partial charge in [-0.15, -0.1) is 0 Å². The zero-order valence-electron chi connectivity index (χ0n) is 19.0. The van der Waals surface area contributed by atoms with E-state index in [9.17, 15) is 0 Å². The van der Waals surface area contributed by atoms with Crippen LogP contribution in [0.2, 0.25) is 0 Å². The third-order valence-electron chi connectivity index (χ3n) is 6.18. The van der Waals surface area contributed by atoms with Crippen molar-refractivity contribution in [2.45, 2.75) is 6.04 Å². The number of benzene rings is 2. The smallest absolute Gasteiger partial charge is 0.0813 e. The van der Waals surface area contributed by atoms with Gasteiger partial charge >= 0.3 is 0 Å². The highest BCUT2D eigenvalue weighted by Crippen LogP contribution is 2.40. The summed E-state index contributed by atoms with van der Waals surface area (Å²) in [4.78, 5) is 6.69. The average Bonchev–Trinajstić information content (AvgIpc) is 3.04. The molecule has 2 aliphatic heterocycles. The molecule has 4 rings (SSSR count). The van der Waals surface area contributed by atoms with Crippen LogP contribution in [0.1, 0.15) is 17.2 Å². The molecule has 2 atom stereocenters. The van der Waals surface area contributed by atoms with Gasteiger partial charge in [0.1, 0.15) is 0 Å². The highest BCUT2D eigenvalue weighted by Gasteiger charge is 2.41. The van der Waals surface area contributed by atoms with Gasteiger partial charge in [-0.1, -0.05) is 24.3 Å². The number of hydrogen-bond acceptors (Lipinski definition) is 5. The summed E-state index contributed by atoms with van der Waals surface area (Å²) >= 11 is 0. The number of likely N-dealkylation sites (tertiary alicyclic amines) is 1. The fourth-order valence-corrected chi connectivity index (χ4v) is 4.58. The molecule has 2 heterocycles. The van der Waals surface area contributed by atoms with E-state index in [4.69, 9.17) is 5.10 Å². The van der Waals surface area contributed by atoms with Gasteiger partial charge in [0, 0.05) is 65.6 Å². The van der Waals surface area contributed by atoms with Crippen LogP contribution >= 0.6 is 0 Å². The quantitative estimate of drug-likeness (QED) is 0.775. The summed E-state index contributed by atoms with van der Waals surface area (Å²) in [6, 6.07) is 17.9. The van der Waals surface area contributed by atoms with E-state index in [0.717, 1.165) is 13.1 Å². The fraction of sp³-hybridized carbons (Fsp3) is 0.400. The highest BCUT2D eigenvalue weighted by atomic mass is 15.5. The van der Waals surface area contributed by atoms with Crippen LogP contribution in [-0.4, -0.2) is 71.0 Å². The van der Waals surface area contributed by atoms with Crippen molar-refractivity contribution in [2.75, 3.05) is 65.2 Å². The maximum absolute atomic E-state index is 5.02. The molecule has 0 unspecified atom stereocenters. The van der Waals surface area contributed by atoms with Crippen LogP contribution in [0.15, 0.2) is 59.2 Å². The summed E-state index contributed by atoms with van der Waals surface area (Å²) in [6.07, 6.45) is 2.31. The van der Waals surface area contributed by atoms with Gasteiger partial charge in [-0.3, -0.25) is 5.01 Å². The third kappa shape index (κ3) is 3.94. The first kappa shape index (κ1) is 20.5. The van der Waals surface area contributed by atoms with Gasteiger partial charge in [-0.25, -0.2) is 0 Å². The number of nitrogens with zero attached hydrogens (tertiary/aromatic N) is 5. The van der Waals surface area contributed by atoms with E-state index in [1.165, 1.54) is 33.8 Å². The molecule has 2 aliphatic rings. The molecule has 0 N–H and O–H groups in total. The monoisotopic (exact) mass is 403 g/mol. The van der Waals surface area contributed by atoms with E-state index < -0.39 is 0 Å². The SMILES string of the molecule is CN1C/C(=C/c2ccc(N(C)C)cc2)C2=NN(C)[C@H](c3ccc(N(C)C)cc3)[C@@H]2C1. The second-order valence-electron chi connectivity index (χ2n) is 8.95. The predicted molar refractivity (Wildman–Crippen MR) is 128 cm³/mol. The minimum absolute atomic E-state index is 0.276. The Morgan fingerprint density at radius 2 is 1.43 bits per heavy atom. The molecular formula is C25H33N5. The van der Waals surface area contributed by atoms with E-state index in [1.54, 1.807) is 0 Å². The van der Waals surface area contributed by atoms with Crippen molar-refractivity contribution >= 4 is 23.2 Å². The van der Waals surface area contributed by atoms with Crippen molar-refractivity contribution in [2.24, 2.45) is 11.0 Å². The van der Waals surface area contributed by atoms with Gasteiger partial charge in [0.2, 0.25) is 0 Å². The van der Waals surface area contributed by atoms with Crippen molar-refractivity contribution < 1.29 is 0 Å². The zero-order valence-corrected chi connectivity index (χ0v) is 19.0. The Morgan fingerprint density at radius 1 is 0.867 bits per heavy atom. The summed E-state index contributed by atoms with van der Waals surface area (Å²) in [5.41, 5.74) is 7.57. The fourth-order valence-electron chi connectivity index (χ4n) is 4.58. The van der Waals surface area contributed by atoms with Crippen LogP contribution in [0.4, 0.5) is 11.4 Å². The van der Waals surface area contributed by atoms with Crippen molar-refractivity contribution in [3.63, 3.8) is 0 Å². The van der Waals surface area contributed by atoms with Crippen LogP contribution in [-0.2, 0) is 0 Å². The number of likely N-dealkylation sites (N-methyl/N-ethyl adjacent to an activating group) is 1. The standard InChI is InChI=1S/C25H33N5/c1-27(2)21-11-7-18(8-12-21)15-20-16-29(5)17-23-24(20)26-30(6)25(23)19-9-13-22(14-10-19)28(3)4/h7-15,23,25H,16-17H2,1-6H3/b20-15-/t23-,25-/m1/s1. The number of rotatable bonds is 4. The first-order valence-corrected chi connectivity index (χ1v) is 10.6. The summed E-state index contributed by atoms with van der Waals surface area (Å²) in [5.74, 6) is 0.381. The zero-order chi connectivity index (χ0) is 21.4. The topological polar surface area (TPSA) is 25.3 Å². The third-order valence-corrected chi connectivity index (χ3v) is 6.18. The maximum Gasteiger partial charge on any atom is 0.0813 e. The first-order valence-electron chi connectivity index (χ1n) is 10.6. The normalized spacial score (nSPS) is 22.8. The summed E-state index contributed by atoms with van der Waals surface area (Å²) in [6.45, 7) is 1.96. The summed E-state index contributed by atoms with van der Waals surface area (Å²) in [5, 5.41) is 7.18. The van der Waals surface area contributed by atoms with Crippen LogP contribution in [0.5, 0.6) is 0 Å². The lowest BCUT2D eigenvalue weighted by atomic mass is 9.83. The van der Waals surface area contributed by atoms with Gasteiger partial charge in [-0.2, -0.15) is 5.10 Å². The van der Waals surface area contributed by atoms with Gasteiger partial charge in [0.05, 0.1) is 11.8 Å². The Bertz CT molecular complexity index is 941. The number of hydrazone groups is 1. The molecule has 1 saturated heterocycles. The van der Waals surface area contributed by atoms with Gasteiger partial charge in [0.15, 0.2) is 0 Å². The van der Waals surface area contributed by atoms with Crippen LogP contribution < -0.4 is 9.80 Å². The van der Waals surface area contributed by atoms with Crippen LogP contribution in [0, 0.1) is 5.92 Å². The second kappa shape index (κ2) is 8.15. The Hall–Kier alpha value is -2.79. The van der Waals surface area contributed by atoms with Gasteiger partial charge in [0.25, 0.3) is 0 Å². The predicted octanol–water partition coefficient (Wildman–Crippen LogP) is 3.81. The Morgan fingerprint density at radius 3 is 2.00 bits per heavy atom. The van der Waals surface area contributed by atoms with Crippen LogP contribution in [0.3, 0.4) is 0 Å². The molecule has 0 spiro atoms. The highest BCUT2D eigenvalue weighted by molar-refractivity contribution is 6.07. The molecule has 2 aromatic rings. The Balaban J connectivity index is 1.63. The van der Waals surface area contributed by atoms with E-state index in [0.29, 0.717) is 5.92 Å². The molecule has 0 saturated carbocycles. The molecule has 5 heteroatoms. The Kier molecular flexibility index (Phi) is 5.56. The lowest BCUT2D eigenvalue weighted by molar-refractivity contribution is 0.211. The van der Waals surface area contributed by atoms with Crippen molar-refractivity contribution in [1.82, 2.24) is 9.91 Å². The molecule has 0 aromatic heterocycles. The second-order valence-corrected chi connectivity index (χ2v) is 8.95. The van der Waals surface area contributed by atoms with E-state index >= 15 is 0 Å². The molecule has 5 nitrogen and oxygen atoms in total. The number of anilines is 2. The minimum atomic E-state index is 0.276. The van der Waals surface area contributed by atoms with E-state index in [-0.39, 0.29) is 6.04 Å². The lowest BCUT2D eigenvalue weighted by Crippen LogP contribution is -2.41. The number of piperidine rings is 1. The molecule has 2 aromatic carbocycles. The minimum Gasteiger partial charge on any atom is -0.378 e. The number of hydrogen-bond donors (Lipinski definition) is 0. The number of fused-ring (bicyclic) bond motifs is 1. The molecule has 158 valence electrons. The molecule has 1 fully saturated rings.